The van der Waals surface area contributed by atoms with Crippen molar-refractivity contribution in [1.82, 2.24) is 10.6 Å². The second kappa shape index (κ2) is 7.78. The molecule has 0 spiro atoms. The predicted octanol–water partition coefficient (Wildman–Crippen LogP) is 2.71. The first kappa shape index (κ1) is 16.3. The molecule has 0 fully saturated rings. The normalized spacial score (nSPS) is 13.2. The molecule has 0 saturated carbocycles. The van der Waals surface area contributed by atoms with Gasteiger partial charge < -0.3 is 15.4 Å². The fraction of sp³-hybridized carbons (Fsp3) is 0.562. The van der Waals surface area contributed by atoms with E-state index in [9.17, 15) is 0 Å². The second-order valence-corrected chi connectivity index (χ2v) is 5.41. The Balaban J connectivity index is 2.59. The standard InChI is InChI=1S/C16H27N3O/c1-11(2)13(4)19-16(17-5)18-10-14-7-8-15(20-6)12(3)9-14/h7-9,11,13H,10H2,1-6H3,(H2,17,18,19). The molecule has 0 saturated heterocycles. The number of methoxy groups -OCH3 is 1. The van der Waals surface area contributed by atoms with Crippen LogP contribution in [0.4, 0.5) is 0 Å². The van der Waals surface area contributed by atoms with Gasteiger partial charge in [-0.2, -0.15) is 0 Å². The highest BCUT2D eigenvalue weighted by atomic mass is 16.5. The van der Waals surface area contributed by atoms with Crippen LogP contribution in [0.25, 0.3) is 0 Å². The summed E-state index contributed by atoms with van der Waals surface area (Å²) in [7, 11) is 3.49. The van der Waals surface area contributed by atoms with Gasteiger partial charge in [0.25, 0.3) is 0 Å². The number of nitrogens with zero attached hydrogens (tertiary/aromatic N) is 1. The molecule has 0 bridgehead atoms. The Morgan fingerprint density at radius 1 is 1.30 bits per heavy atom. The summed E-state index contributed by atoms with van der Waals surface area (Å²) in [6.45, 7) is 9.34. The molecule has 4 nitrogen and oxygen atoms in total. The van der Waals surface area contributed by atoms with Crippen molar-refractivity contribution in [1.29, 1.82) is 0 Å². The van der Waals surface area contributed by atoms with Gasteiger partial charge in [0.2, 0.25) is 0 Å². The summed E-state index contributed by atoms with van der Waals surface area (Å²) in [5.41, 5.74) is 2.36. The third kappa shape index (κ3) is 4.76. The number of nitrogens with one attached hydrogen (secondary N) is 2. The highest BCUT2D eigenvalue weighted by Gasteiger charge is 2.08. The van der Waals surface area contributed by atoms with E-state index in [2.05, 4.69) is 55.5 Å². The van der Waals surface area contributed by atoms with E-state index in [1.165, 1.54) is 5.56 Å². The van der Waals surface area contributed by atoms with Gasteiger partial charge in [-0.3, -0.25) is 4.99 Å². The average molecular weight is 277 g/mol. The van der Waals surface area contributed by atoms with Gasteiger partial charge in [0.1, 0.15) is 5.75 Å². The summed E-state index contributed by atoms with van der Waals surface area (Å²) in [6, 6.07) is 6.58. The maximum atomic E-state index is 5.27. The number of benzene rings is 1. The van der Waals surface area contributed by atoms with E-state index in [0.29, 0.717) is 12.0 Å². The molecule has 1 atom stereocenters. The lowest BCUT2D eigenvalue weighted by molar-refractivity contribution is 0.411. The maximum absolute atomic E-state index is 5.27. The molecule has 1 aromatic carbocycles. The second-order valence-electron chi connectivity index (χ2n) is 5.41. The minimum Gasteiger partial charge on any atom is -0.496 e. The van der Waals surface area contributed by atoms with Gasteiger partial charge in [0, 0.05) is 19.6 Å². The third-order valence-electron chi connectivity index (χ3n) is 3.51. The van der Waals surface area contributed by atoms with Crippen LogP contribution in [0.1, 0.15) is 31.9 Å². The van der Waals surface area contributed by atoms with Crippen molar-refractivity contribution in [3.8, 4) is 5.75 Å². The van der Waals surface area contributed by atoms with Crippen LogP contribution in [0.15, 0.2) is 23.2 Å². The van der Waals surface area contributed by atoms with Crippen LogP contribution in [-0.4, -0.2) is 26.2 Å². The van der Waals surface area contributed by atoms with Gasteiger partial charge in [-0.05, 0) is 37.0 Å². The molecule has 0 amide bonds. The first-order valence-corrected chi connectivity index (χ1v) is 7.08. The van der Waals surface area contributed by atoms with E-state index in [4.69, 9.17) is 4.74 Å². The summed E-state index contributed by atoms with van der Waals surface area (Å²) in [6.07, 6.45) is 0. The Morgan fingerprint density at radius 3 is 2.50 bits per heavy atom. The topological polar surface area (TPSA) is 45.7 Å². The zero-order chi connectivity index (χ0) is 15.1. The summed E-state index contributed by atoms with van der Waals surface area (Å²) < 4.78 is 5.27. The zero-order valence-electron chi connectivity index (χ0n) is 13.4. The molecule has 2 N–H and O–H groups in total. The molecule has 0 aromatic heterocycles. The van der Waals surface area contributed by atoms with E-state index in [1.807, 2.05) is 6.07 Å². The fourth-order valence-electron chi connectivity index (χ4n) is 1.81. The predicted molar refractivity (Wildman–Crippen MR) is 85.4 cm³/mol. The first-order chi connectivity index (χ1) is 9.47. The Kier molecular flexibility index (Phi) is 6.36. The average Bonchev–Trinajstić information content (AvgIpc) is 2.43. The van der Waals surface area contributed by atoms with E-state index in [0.717, 1.165) is 23.8 Å². The van der Waals surface area contributed by atoms with Gasteiger partial charge in [0.15, 0.2) is 5.96 Å². The van der Waals surface area contributed by atoms with Crippen molar-refractivity contribution >= 4 is 5.96 Å². The van der Waals surface area contributed by atoms with Crippen LogP contribution in [0, 0.1) is 12.8 Å². The maximum Gasteiger partial charge on any atom is 0.191 e. The van der Waals surface area contributed by atoms with Crippen LogP contribution >= 0.6 is 0 Å². The van der Waals surface area contributed by atoms with Crippen molar-refractivity contribution in [2.24, 2.45) is 10.9 Å². The van der Waals surface area contributed by atoms with E-state index < -0.39 is 0 Å². The lowest BCUT2D eigenvalue weighted by atomic mass is 10.1. The van der Waals surface area contributed by atoms with E-state index in [-0.39, 0.29) is 0 Å². The third-order valence-corrected chi connectivity index (χ3v) is 3.51. The molecule has 1 rings (SSSR count). The van der Waals surface area contributed by atoms with E-state index in [1.54, 1.807) is 14.2 Å². The van der Waals surface area contributed by atoms with Crippen molar-refractivity contribution in [2.45, 2.75) is 40.3 Å². The highest BCUT2D eigenvalue weighted by Crippen LogP contribution is 2.18. The molecular formula is C16H27N3O. The number of rotatable bonds is 5. The Labute approximate surface area is 122 Å². The summed E-state index contributed by atoms with van der Waals surface area (Å²) in [5.74, 6) is 2.32. The fourth-order valence-corrected chi connectivity index (χ4v) is 1.81. The van der Waals surface area contributed by atoms with Gasteiger partial charge in [-0.25, -0.2) is 0 Å². The molecule has 1 unspecified atom stereocenters. The number of ether oxygens (including phenoxy) is 1. The van der Waals surface area contributed by atoms with Gasteiger partial charge in [-0.15, -0.1) is 0 Å². The molecule has 1 aromatic rings. The molecule has 0 aliphatic carbocycles. The number of guanidine groups is 1. The van der Waals surface area contributed by atoms with Crippen LogP contribution in [0.2, 0.25) is 0 Å². The van der Waals surface area contributed by atoms with Crippen LogP contribution < -0.4 is 15.4 Å². The Hall–Kier alpha value is -1.71. The van der Waals surface area contributed by atoms with Crippen LogP contribution in [-0.2, 0) is 6.54 Å². The molecular weight excluding hydrogens is 250 g/mol. The quantitative estimate of drug-likeness (QED) is 0.642. The van der Waals surface area contributed by atoms with Crippen LogP contribution in [0.3, 0.4) is 0 Å². The molecule has 0 aliphatic heterocycles. The highest BCUT2D eigenvalue weighted by molar-refractivity contribution is 5.79. The molecule has 112 valence electrons. The first-order valence-electron chi connectivity index (χ1n) is 7.08. The van der Waals surface area contributed by atoms with E-state index >= 15 is 0 Å². The van der Waals surface area contributed by atoms with Gasteiger partial charge in [0.05, 0.1) is 7.11 Å². The van der Waals surface area contributed by atoms with Crippen molar-refractivity contribution in [3.05, 3.63) is 29.3 Å². The number of hydrogen-bond donors (Lipinski definition) is 2. The molecule has 4 heteroatoms. The lowest BCUT2D eigenvalue weighted by Gasteiger charge is -2.21. The Morgan fingerprint density at radius 2 is 2.00 bits per heavy atom. The van der Waals surface area contributed by atoms with Gasteiger partial charge >= 0.3 is 0 Å². The summed E-state index contributed by atoms with van der Waals surface area (Å²) >= 11 is 0. The number of aryl methyl sites for hydroxylation is 1. The molecule has 0 aliphatic rings. The molecule has 20 heavy (non-hydrogen) atoms. The molecule has 0 heterocycles. The lowest BCUT2D eigenvalue weighted by Crippen LogP contribution is -2.43. The monoisotopic (exact) mass is 277 g/mol. The van der Waals surface area contributed by atoms with Crippen molar-refractivity contribution in [2.75, 3.05) is 14.2 Å². The van der Waals surface area contributed by atoms with Crippen molar-refractivity contribution in [3.63, 3.8) is 0 Å². The number of aliphatic imine (C=N–C) groups is 1. The Bertz CT molecular complexity index is 455. The summed E-state index contributed by atoms with van der Waals surface area (Å²) in [5, 5.41) is 6.72. The minimum absolute atomic E-state index is 0.388. The smallest absolute Gasteiger partial charge is 0.191 e. The van der Waals surface area contributed by atoms with Crippen LogP contribution in [0.5, 0.6) is 5.75 Å². The van der Waals surface area contributed by atoms with Crippen molar-refractivity contribution < 1.29 is 4.74 Å². The summed E-state index contributed by atoms with van der Waals surface area (Å²) in [4.78, 5) is 4.25. The van der Waals surface area contributed by atoms with Gasteiger partial charge in [-0.1, -0.05) is 26.0 Å². The molecule has 0 radical (unpaired) electrons. The zero-order valence-corrected chi connectivity index (χ0v) is 13.4. The largest absolute Gasteiger partial charge is 0.496 e. The number of hydrogen-bond acceptors (Lipinski definition) is 2. The SMILES string of the molecule is CN=C(NCc1ccc(OC)c(C)c1)NC(C)C(C)C. The minimum atomic E-state index is 0.388.